The van der Waals surface area contributed by atoms with Gasteiger partial charge in [0.15, 0.2) is 0 Å². The zero-order valence-corrected chi connectivity index (χ0v) is 9.38. The predicted molar refractivity (Wildman–Crippen MR) is 66.0 cm³/mol. The zero-order valence-electron chi connectivity index (χ0n) is 9.38. The molecular weight excluding hydrogens is 196 g/mol. The maximum Gasteiger partial charge on any atom is 0.0377 e. The minimum absolute atomic E-state index is 0.00361. The highest BCUT2D eigenvalue weighted by atomic mass is 14.7. The van der Waals surface area contributed by atoms with Gasteiger partial charge in [0.05, 0.1) is 0 Å². The molecule has 2 unspecified atom stereocenters. The van der Waals surface area contributed by atoms with E-state index in [0.717, 1.165) is 5.56 Å². The maximum absolute atomic E-state index is 6.23. The van der Waals surface area contributed by atoms with Crippen LogP contribution < -0.4 is 5.73 Å². The normalized spacial score (nSPS) is 14.4. The van der Waals surface area contributed by atoms with Gasteiger partial charge in [0.1, 0.15) is 0 Å². The Morgan fingerprint density at radius 3 is 2.31 bits per heavy atom. The number of nitrogens with zero attached hydrogens (tertiary/aromatic N) is 1. The van der Waals surface area contributed by atoms with E-state index in [9.17, 15) is 0 Å². The summed E-state index contributed by atoms with van der Waals surface area (Å²) in [6.45, 7) is 2.15. The lowest BCUT2D eigenvalue weighted by Crippen LogP contribution is -2.17. The van der Waals surface area contributed by atoms with Crippen molar-refractivity contribution in [2.24, 2.45) is 5.73 Å². The van der Waals surface area contributed by atoms with Gasteiger partial charge in [-0.15, -0.1) is 0 Å². The Morgan fingerprint density at radius 2 is 1.69 bits per heavy atom. The van der Waals surface area contributed by atoms with Crippen LogP contribution in [0.5, 0.6) is 0 Å². The minimum Gasteiger partial charge on any atom is -0.323 e. The number of pyridine rings is 1. The molecule has 0 spiro atoms. The molecule has 0 saturated carbocycles. The van der Waals surface area contributed by atoms with Crippen LogP contribution in [0.1, 0.15) is 30.0 Å². The number of hydrogen-bond donors (Lipinski definition) is 1. The number of nitrogens with two attached hydrogens (primary N) is 1. The third-order valence-electron chi connectivity index (χ3n) is 2.93. The van der Waals surface area contributed by atoms with Gasteiger partial charge in [0.25, 0.3) is 0 Å². The highest BCUT2D eigenvalue weighted by Gasteiger charge is 2.16. The lowest BCUT2D eigenvalue weighted by Gasteiger charge is -2.20. The molecule has 2 atom stereocenters. The van der Waals surface area contributed by atoms with Crippen molar-refractivity contribution in [3.8, 4) is 0 Å². The third-order valence-corrected chi connectivity index (χ3v) is 2.93. The van der Waals surface area contributed by atoms with Crippen molar-refractivity contribution in [3.63, 3.8) is 0 Å². The smallest absolute Gasteiger partial charge is 0.0377 e. The molecule has 0 aliphatic rings. The standard InChI is InChI=1S/C14H16N2/c1-11(12-6-3-2-4-7-12)14(15)13-8-5-9-16-10-13/h2-11,14H,15H2,1H3. The monoisotopic (exact) mass is 212 g/mol. The average Bonchev–Trinajstić information content (AvgIpc) is 2.39. The van der Waals surface area contributed by atoms with Gasteiger partial charge in [-0.3, -0.25) is 4.98 Å². The first-order valence-electron chi connectivity index (χ1n) is 5.49. The summed E-state index contributed by atoms with van der Waals surface area (Å²) in [5.41, 5.74) is 8.58. The fraction of sp³-hybridized carbons (Fsp3) is 0.214. The van der Waals surface area contributed by atoms with Crippen molar-refractivity contribution in [3.05, 3.63) is 66.0 Å². The lowest BCUT2D eigenvalue weighted by molar-refractivity contribution is 0.596. The molecule has 2 nitrogen and oxygen atoms in total. The second-order valence-electron chi connectivity index (χ2n) is 4.01. The van der Waals surface area contributed by atoms with Crippen LogP contribution >= 0.6 is 0 Å². The molecule has 1 heterocycles. The van der Waals surface area contributed by atoms with E-state index in [0.29, 0.717) is 5.92 Å². The van der Waals surface area contributed by atoms with Crippen LogP contribution in [0, 0.1) is 0 Å². The fourth-order valence-electron chi connectivity index (χ4n) is 1.83. The average molecular weight is 212 g/mol. The fourth-order valence-corrected chi connectivity index (χ4v) is 1.83. The molecule has 0 saturated heterocycles. The molecule has 2 N–H and O–H groups in total. The summed E-state index contributed by atoms with van der Waals surface area (Å²) in [7, 11) is 0. The topological polar surface area (TPSA) is 38.9 Å². The van der Waals surface area contributed by atoms with Crippen molar-refractivity contribution in [1.29, 1.82) is 0 Å². The molecule has 1 aromatic carbocycles. The van der Waals surface area contributed by atoms with Gasteiger partial charge >= 0.3 is 0 Å². The Bertz CT molecular complexity index is 382. The quantitative estimate of drug-likeness (QED) is 0.849. The first-order valence-corrected chi connectivity index (χ1v) is 5.49. The van der Waals surface area contributed by atoms with Crippen LogP contribution in [-0.4, -0.2) is 4.98 Å². The van der Waals surface area contributed by atoms with E-state index in [1.54, 1.807) is 6.20 Å². The first-order chi connectivity index (χ1) is 7.79. The van der Waals surface area contributed by atoms with E-state index in [1.807, 2.05) is 36.5 Å². The van der Waals surface area contributed by atoms with Gasteiger partial charge in [0.2, 0.25) is 0 Å². The molecule has 1 aromatic heterocycles. The number of benzene rings is 1. The molecule has 0 aliphatic heterocycles. The van der Waals surface area contributed by atoms with Crippen LogP contribution in [0.4, 0.5) is 0 Å². The molecule has 82 valence electrons. The SMILES string of the molecule is CC(c1ccccc1)C(N)c1cccnc1. The summed E-state index contributed by atoms with van der Waals surface area (Å²) in [6, 6.07) is 14.3. The van der Waals surface area contributed by atoms with Crippen LogP contribution in [-0.2, 0) is 0 Å². The van der Waals surface area contributed by atoms with Crippen molar-refractivity contribution in [2.75, 3.05) is 0 Å². The largest absolute Gasteiger partial charge is 0.323 e. The van der Waals surface area contributed by atoms with E-state index >= 15 is 0 Å². The number of hydrogen-bond acceptors (Lipinski definition) is 2. The Hall–Kier alpha value is -1.67. The predicted octanol–water partition coefficient (Wildman–Crippen LogP) is 2.89. The van der Waals surface area contributed by atoms with Gasteiger partial charge < -0.3 is 5.73 Å². The molecule has 2 heteroatoms. The highest BCUT2D eigenvalue weighted by Crippen LogP contribution is 2.27. The highest BCUT2D eigenvalue weighted by molar-refractivity contribution is 5.25. The maximum atomic E-state index is 6.23. The van der Waals surface area contributed by atoms with Crippen molar-refractivity contribution < 1.29 is 0 Å². The Morgan fingerprint density at radius 1 is 1.00 bits per heavy atom. The van der Waals surface area contributed by atoms with Gasteiger partial charge in [0, 0.05) is 24.4 Å². The van der Waals surface area contributed by atoms with Gasteiger partial charge in [-0.25, -0.2) is 0 Å². The molecule has 0 fully saturated rings. The van der Waals surface area contributed by atoms with Crippen LogP contribution in [0.25, 0.3) is 0 Å². The van der Waals surface area contributed by atoms with E-state index in [2.05, 4.69) is 24.0 Å². The van der Waals surface area contributed by atoms with Crippen LogP contribution in [0.3, 0.4) is 0 Å². The van der Waals surface area contributed by atoms with Crippen LogP contribution in [0.2, 0.25) is 0 Å². The van der Waals surface area contributed by atoms with Gasteiger partial charge in [-0.1, -0.05) is 43.3 Å². The van der Waals surface area contributed by atoms with Gasteiger partial charge in [-0.05, 0) is 17.2 Å². The molecule has 2 aromatic rings. The summed E-state index contributed by atoms with van der Waals surface area (Å²) >= 11 is 0. The Labute approximate surface area is 96.1 Å². The molecule has 0 radical (unpaired) electrons. The molecule has 0 aliphatic carbocycles. The summed E-state index contributed by atoms with van der Waals surface area (Å²) in [5, 5.41) is 0. The number of aromatic nitrogens is 1. The molecule has 16 heavy (non-hydrogen) atoms. The first kappa shape index (κ1) is 10.8. The molecule has 2 rings (SSSR count). The van der Waals surface area contributed by atoms with Crippen molar-refractivity contribution >= 4 is 0 Å². The van der Waals surface area contributed by atoms with E-state index in [1.165, 1.54) is 5.56 Å². The minimum atomic E-state index is -0.00361. The Balaban J connectivity index is 2.20. The van der Waals surface area contributed by atoms with Gasteiger partial charge in [-0.2, -0.15) is 0 Å². The summed E-state index contributed by atoms with van der Waals surface area (Å²) in [4.78, 5) is 4.10. The summed E-state index contributed by atoms with van der Waals surface area (Å²) in [5.74, 6) is 0.297. The second-order valence-corrected chi connectivity index (χ2v) is 4.01. The number of rotatable bonds is 3. The van der Waals surface area contributed by atoms with E-state index < -0.39 is 0 Å². The van der Waals surface area contributed by atoms with Crippen LogP contribution in [0.15, 0.2) is 54.9 Å². The second kappa shape index (κ2) is 4.90. The molecule has 0 amide bonds. The summed E-state index contributed by atoms with van der Waals surface area (Å²) in [6.07, 6.45) is 3.60. The zero-order chi connectivity index (χ0) is 11.4. The summed E-state index contributed by atoms with van der Waals surface area (Å²) < 4.78 is 0. The Kier molecular flexibility index (Phi) is 3.32. The third kappa shape index (κ3) is 2.28. The molecule has 0 bridgehead atoms. The van der Waals surface area contributed by atoms with Crippen molar-refractivity contribution in [2.45, 2.75) is 18.9 Å². The van der Waals surface area contributed by atoms with E-state index in [4.69, 9.17) is 5.73 Å². The van der Waals surface area contributed by atoms with E-state index in [-0.39, 0.29) is 6.04 Å². The molecular formula is C14H16N2. The van der Waals surface area contributed by atoms with Crippen molar-refractivity contribution in [1.82, 2.24) is 4.98 Å². The lowest BCUT2D eigenvalue weighted by atomic mass is 9.90.